The zero-order valence-electron chi connectivity index (χ0n) is 14.1. The largest absolute Gasteiger partial charge is 0.355 e. The Labute approximate surface area is 145 Å². The van der Waals surface area contributed by atoms with Crippen LogP contribution in [0, 0.1) is 11.6 Å². The van der Waals surface area contributed by atoms with Gasteiger partial charge in [-0.3, -0.25) is 9.69 Å². The minimum atomic E-state index is -0.566. The summed E-state index contributed by atoms with van der Waals surface area (Å²) in [5.41, 5.74) is 2.21. The quantitative estimate of drug-likeness (QED) is 0.895. The summed E-state index contributed by atoms with van der Waals surface area (Å²) in [7, 11) is 1.60. The maximum absolute atomic E-state index is 13.5. The van der Waals surface area contributed by atoms with Crippen molar-refractivity contribution in [1.82, 2.24) is 15.5 Å². The smallest absolute Gasteiger partial charge is 0.251 e. The van der Waals surface area contributed by atoms with Crippen molar-refractivity contribution in [3.63, 3.8) is 0 Å². The van der Waals surface area contributed by atoms with Crippen molar-refractivity contribution >= 4 is 5.91 Å². The number of piperazine rings is 1. The molecule has 1 fully saturated rings. The molecule has 0 bridgehead atoms. The molecule has 0 aromatic heterocycles. The highest BCUT2D eigenvalue weighted by atomic mass is 19.1. The standard InChI is InChI=1S/C19H21F2N3O/c1-22-19(25)15-4-2-3-14(9-15)18-11-23-5-6-24(18)12-13-7-16(20)10-17(21)8-13/h2-4,7-10,18,23H,5-6,11-12H2,1H3,(H,22,25)/t18-/m0/s1. The number of carbonyl (C=O) groups excluding carboxylic acids is 1. The molecule has 0 aliphatic carbocycles. The fraction of sp³-hybridized carbons (Fsp3) is 0.316. The lowest BCUT2D eigenvalue weighted by molar-refractivity contribution is 0.0962. The number of rotatable bonds is 4. The van der Waals surface area contributed by atoms with Gasteiger partial charge in [0.25, 0.3) is 5.91 Å². The number of benzene rings is 2. The van der Waals surface area contributed by atoms with Crippen molar-refractivity contribution in [2.75, 3.05) is 26.7 Å². The average molecular weight is 345 g/mol. The van der Waals surface area contributed by atoms with Gasteiger partial charge in [0, 0.05) is 50.9 Å². The Morgan fingerprint density at radius 1 is 1.24 bits per heavy atom. The van der Waals surface area contributed by atoms with Crippen LogP contribution >= 0.6 is 0 Å². The molecule has 3 rings (SSSR count). The predicted molar refractivity (Wildman–Crippen MR) is 92.2 cm³/mol. The highest BCUT2D eigenvalue weighted by molar-refractivity contribution is 5.94. The maximum Gasteiger partial charge on any atom is 0.251 e. The first-order valence-electron chi connectivity index (χ1n) is 8.28. The maximum atomic E-state index is 13.5. The van der Waals surface area contributed by atoms with Crippen LogP contribution in [-0.4, -0.2) is 37.5 Å². The lowest BCUT2D eigenvalue weighted by Crippen LogP contribution is -2.45. The van der Waals surface area contributed by atoms with Crippen LogP contribution in [0.3, 0.4) is 0 Å². The predicted octanol–water partition coefficient (Wildman–Crippen LogP) is 2.47. The molecule has 1 saturated heterocycles. The normalized spacial score (nSPS) is 18.1. The van der Waals surface area contributed by atoms with Gasteiger partial charge in [0.2, 0.25) is 0 Å². The van der Waals surface area contributed by atoms with Crippen molar-refractivity contribution in [2.24, 2.45) is 0 Å². The molecule has 1 amide bonds. The summed E-state index contributed by atoms with van der Waals surface area (Å²) in [6.07, 6.45) is 0. The van der Waals surface area contributed by atoms with E-state index in [1.54, 1.807) is 13.1 Å². The highest BCUT2D eigenvalue weighted by Gasteiger charge is 2.24. The van der Waals surface area contributed by atoms with Gasteiger partial charge in [-0.05, 0) is 35.4 Å². The molecule has 6 heteroatoms. The summed E-state index contributed by atoms with van der Waals surface area (Å²) in [5, 5.41) is 5.97. The first-order valence-corrected chi connectivity index (χ1v) is 8.28. The Morgan fingerprint density at radius 3 is 2.72 bits per heavy atom. The third-order valence-electron chi connectivity index (χ3n) is 4.42. The molecule has 132 valence electrons. The summed E-state index contributed by atoms with van der Waals surface area (Å²) >= 11 is 0. The van der Waals surface area contributed by atoms with Crippen molar-refractivity contribution in [3.8, 4) is 0 Å². The van der Waals surface area contributed by atoms with Gasteiger partial charge in [-0.2, -0.15) is 0 Å². The molecule has 0 radical (unpaired) electrons. The Bertz CT molecular complexity index is 746. The van der Waals surface area contributed by atoms with Crippen LogP contribution < -0.4 is 10.6 Å². The molecule has 2 aromatic carbocycles. The number of hydrogen-bond acceptors (Lipinski definition) is 3. The topological polar surface area (TPSA) is 44.4 Å². The van der Waals surface area contributed by atoms with Gasteiger partial charge in [0.15, 0.2) is 0 Å². The fourth-order valence-corrected chi connectivity index (χ4v) is 3.23. The molecule has 0 spiro atoms. The lowest BCUT2D eigenvalue weighted by Gasteiger charge is -2.36. The molecular formula is C19H21F2N3O. The Balaban J connectivity index is 1.84. The Morgan fingerprint density at radius 2 is 2.00 bits per heavy atom. The van der Waals surface area contributed by atoms with E-state index in [1.807, 2.05) is 18.2 Å². The number of carbonyl (C=O) groups is 1. The molecule has 1 heterocycles. The van der Waals surface area contributed by atoms with E-state index in [4.69, 9.17) is 0 Å². The molecule has 1 atom stereocenters. The van der Waals surface area contributed by atoms with Crippen LogP contribution in [0.1, 0.15) is 27.5 Å². The second kappa shape index (κ2) is 7.72. The first kappa shape index (κ1) is 17.5. The van der Waals surface area contributed by atoms with E-state index in [1.165, 1.54) is 12.1 Å². The van der Waals surface area contributed by atoms with E-state index < -0.39 is 11.6 Å². The third kappa shape index (κ3) is 4.21. The molecule has 1 aliphatic rings. The molecular weight excluding hydrogens is 324 g/mol. The van der Waals surface area contributed by atoms with E-state index in [-0.39, 0.29) is 11.9 Å². The van der Waals surface area contributed by atoms with Crippen LogP contribution in [-0.2, 0) is 6.54 Å². The molecule has 4 nitrogen and oxygen atoms in total. The van der Waals surface area contributed by atoms with E-state index in [0.717, 1.165) is 31.3 Å². The second-order valence-electron chi connectivity index (χ2n) is 6.17. The zero-order valence-corrected chi connectivity index (χ0v) is 14.1. The van der Waals surface area contributed by atoms with Gasteiger partial charge in [-0.1, -0.05) is 12.1 Å². The molecule has 1 aliphatic heterocycles. The van der Waals surface area contributed by atoms with Crippen LogP contribution in [0.5, 0.6) is 0 Å². The number of hydrogen-bond donors (Lipinski definition) is 2. The summed E-state index contributed by atoms with van der Waals surface area (Å²) in [6, 6.07) is 11.1. The lowest BCUT2D eigenvalue weighted by atomic mass is 9.99. The number of nitrogens with zero attached hydrogens (tertiary/aromatic N) is 1. The summed E-state index contributed by atoms with van der Waals surface area (Å²) in [6.45, 7) is 2.73. The summed E-state index contributed by atoms with van der Waals surface area (Å²) in [4.78, 5) is 14.0. The average Bonchev–Trinajstić information content (AvgIpc) is 2.61. The first-order chi connectivity index (χ1) is 12.1. The van der Waals surface area contributed by atoms with Crippen molar-refractivity contribution in [2.45, 2.75) is 12.6 Å². The van der Waals surface area contributed by atoms with Crippen molar-refractivity contribution in [1.29, 1.82) is 0 Å². The van der Waals surface area contributed by atoms with Gasteiger partial charge in [0.05, 0.1) is 0 Å². The van der Waals surface area contributed by atoms with Gasteiger partial charge in [0.1, 0.15) is 11.6 Å². The summed E-state index contributed by atoms with van der Waals surface area (Å²) in [5.74, 6) is -1.27. The van der Waals surface area contributed by atoms with Crippen LogP contribution in [0.25, 0.3) is 0 Å². The molecule has 0 saturated carbocycles. The molecule has 2 N–H and O–H groups in total. The van der Waals surface area contributed by atoms with E-state index >= 15 is 0 Å². The van der Waals surface area contributed by atoms with Crippen LogP contribution in [0.2, 0.25) is 0 Å². The van der Waals surface area contributed by atoms with Crippen molar-refractivity contribution < 1.29 is 13.6 Å². The Hall–Kier alpha value is -2.31. The molecule has 2 aromatic rings. The van der Waals surface area contributed by atoms with Gasteiger partial charge >= 0.3 is 0 Å². The van der Waals surface area contributed by atoms with E-state index in [9.17, 15) is 13.6 Å². The zero-order chi connectivity index (χ0) is 17.8. The van der Waals surface area contributed by atoms with Crippen LogP contribution in [0.4, 0.5) is 8.78 Å². The number of nitrogens with one attached hydrogen (secondary N) is 2. The van der Waals surface area contributed by atoms with Gasteiger partial charge < -0.3 is 10.6 Å². The summed E-state index contributed by atoms with van der Waals surface area (Å²) < 4.78 is 26.9. The van der Waals surface area contributed by atoms with Gasteiger partial charge in [-0.15, -0.1) is 0 Å². The molecule has 25 heavy (non-hydrogen) atoms. The van der Waals surface area contributed by atoms with Crippen LogP contribution in [0.15, 0.2) is 42.5 Å². The van der Waals surface area contributed by atoms with Gasteiger partial charge in [-0.25, -0.2) is 8.78 Å². The second-order valence-corrected chi connectivity index (χ2v) is 6.17. The van der Waals surface area contributed by atoms with E-state index in [2.05, 4.69) is 15.5 Å². The fourth-order valence-electron chi connectivity index (χ4n) is 3.23. The monoisotopic (exact) mass is 345 g/mol. The molecule has 0 unspecified atom stereocenters. The van der Waals surface area contributed by atoms with Crippen molar-refractivity contribution in [3.05, 3.63) is 70.8 Å². The third-order valence-corrected chi connectivity index (χ3v) is 4.42. The minimum Gasteiger partial charge on any atom is -0.355 e. The SMILES string of the molecule is CNC(=O)c1cccc([C@@H]2CNCCN2Cc2cc(F)cc(F)c2)c1. The highest BCUT2D eigenvalue weighted by Crippen LogP contribution is 2.25. The number of halogens is 2. The number of amides is 1. The minimum absolute atomic E-state index is 0.0321. The Kier molecular flexibility index (Phi) is 5.40. The van der Waals surface area contributed by atoms with E-state index in [0.29, 0.717) is 17.7 Å².